The van der Waals surface area contributed by atoms with E-state index in [-0.39, 0.29) is 33.6 Å². The van der Waals surface area contributed by atoms with E-state index in [1.54, 1.807) is 36.4 Å². The normalized spacial score (nSPS) is 16.6. The van der Waals surface area contributed by atoms with Crippen LogP contribution in [0.2, 0.25) is 0 Å². The van der Waals surface area contributed by atoms with Crippen molar-refractivity contribution in [3.63, 3.8) is 0 Å². The van der Waals surface area contributed by atoms with Gasteiger partial charge in [0.1, 0.15) is 18.0 Å². The van der Waals surface area contributed by atoms with Gasteiger partial charge in [-0.05, 0) is 97.8 Å². The highest BCUT2D eigenvalue weighted by atomic mass is 32.1. The van der Waals surface area contributed by atoms with Crippen LogP contribution in [0.5, 0.6) is 0 Å². The van der Waals surface area contributed by atoms with Crippen molar-refractivity contribution in [1.29, 1.82) is 10.5 Å². The maximum absolute atomic E-state index is 14.0. The molecule has 0 unspecified atom stereocenters. The lowest BCUT2D eigenvalue weighted by Gasteiger charge is -2.44. The lowest BCUT2D eigenvalue weighted by molar-refractivity contribution is -0.137. The average Bonchev–Trinajstić information content (AvgIpc) is 3.24. The highest BCUT2D eigenvalue weighted by Crippen LogP contribution is 2.49. The molecule has 0 amide bonds. The predicted octanol–water partition coefficient (Wildman–Crippen LogP) is 6.74. The number of aliphatic hydroxyl groups excluding tert-OH is 1. The number of anilines is 3. The van der Waals surface area contributed by atoms with Crippen molar-refractivity contribution >= 4 is 57.6 Å². The number of halogens is 4. The molecule has 3 aromatic rings. The van der Waals surface area contributed by atoms with Crippen LogP contribution < -0.4 is 15.1 Å². The van der Waals surface area contributed by atoms with E-state index in [0.29, 0.717) is 35.6 Å². The van der Waals surface area contributed by atoms with Crippen molar-refractivity contribution in [2.24, 2.45) is 4.99 Å². The molecule has 1 heterocycles. The highest BCUT2D eigenvalue weighted by Gasteiger charge is 2.58. The van der Waals surface area contributed by atoms with E-state index in [2.05, 4.69) is 10.3 Å². The molecular formula is C30H22F4N6OS2. The SMILES string of the molecule is N#Cc1ccc(NC(=S)N=C2N(c3ccc(C#N)c(C(F)(F)F)c3)C(=S)N(c3ccc(CO)cc3)C23CCC3)cc1CF. The van der Waals surface area contributed by atoms with E-state index in [4.69, 9.17) is 24.4 Å². The van der Waals surface area contributed by atoms with Crippen LogP contribution in [0, 0.1) is 22.7 Å². The van der Waals surface area contributed by atoms with E-state index in [1.807, 2.05) is 11.0 Å². The Bertz CT molecular complexity index is 1720. The summed E-state index contributed by atoms with van der Waals surface area (Å²) in [5.41, 5.74) is -0.389. The molecule has 0 aromatic heterocycles. The van der Waals surface area contributed by atoms with Crippen LogP contribution in [0.15, 0.2) is 65.7 Å². The van der Waals surface area contributed by atoms with Gasteiger partial charge in [0.25, 0.3) is 0 Å². The second-order valence-electron chi connectivity index (χ2n) is 9.99. The van der Waals surface area contributed by atoms with Crippen LogP contribution in [0.4, 0.5) is 34.6 Å². The van der Waals surface area contributed by atoms with Gasteiger partial charge in [0.15, 0.2) is 10.2 Å². The van der Waals surface area contributed by atoms with Gasteiger partial charge in [-0.25, -0.2) is 9.38 Å². The fraction of sp³-hybridized carbons (Fsp3) is 0.233. The number of amidine groups is 1. The van der Waals surface area contributed by atoms with E-state index in [0.717, 1.165) is 18.6 Å². The maximum atomic E-state index is 14.0. The molecule has 43 heavy (non-hydrogen) atoms. The molecule has 2 fully saturated rings. The minimum Gasteiger partial charge on any atom is -0.392 e. The lowest BCUT2D eigenvalue weighted by atomic mass is 9.74. The van der Waals surface area contributed by atoms with Crippen molar-refractivity contribution in [3.8, 4) is 12.1 Å². The zero-order valence-corrected chi connectivity index (χ0v) is 24.0. The second kappa shape index (κ2) is 11.7. The zero-order valence-electron chi connectivity index (χ0n) is 22.3. The molecule has 13 heteroatoms. The molecule has 2 aliphatic rings. The molecule has 1 aliphatic carbocycles. The summed E-state index contributed by atoms with van der Waals surface area (Å²) in [5, 5.41) is 31.1. The van der Waals surface area contributed by atoms with Crippen LogP contribution in [0.3, 0.4) is 0 Å². The van der Waals surface area contributed by atoms with Gasteiger partial charge in [0.05, 0.1) is 41.1 Å². The van der Waals surface area contributed by atoms with Crippen molar-refractivity contribution in [1.82, 2.24) is 0 Å². The Morgan fingerprint density at radius 1 is 1.00 bits per heavy atom. The Hall–Kier alpha value is -4.43. The van der Waals surface area contributed by atoms with Gasteiger partial charge < -0.3 is 15.3 Å². The van der Waals surface area contributed by atoms with Gasteiger partial charge in [0.2, 0.25) is 0 Å². The molecule has 1 saturated heterocycles. The van der Waals surface area contributed by atoms with Crippen molar-refractivity contribution in [2.45, 2.75) is 44.3 Å². The summed E-state index contributed by atoms with van der Waals surface area (Å²) in [6, 6.07) is 18.3. The number of nitrogens with one attached hydrogen (secondary N) is 1. The number of hydrogen-bond donors (Lipinski definition) is 2. The third-order valence-electron chi connectivity index (χ3n) is 7.51. The number of nitriles is 2. The number of aliphatic hydroxyl groups is 1. The Labute approximate surface area is 255 Å². The topological polar surface area (TPSA) is 98.7 Å². The summed E-state index contributed by atoms with van der Waals surface area (Å²) in [4.78, 5) is 7.96. The average molecular weight is 623 g/mol. The second-order valence-corrected chi connectivity index (χ2v) is 10.7. The number of thiocarbonyl (C=S) groups is 2. The van der Waals surface area contributed by atoms with Crippen molar-refractivity contribution in [2.75, 3.05) is 15.1 Å². The summed E-state index contributed by atoms with van der Waals surface area (Å²) in [6.45, 7) is -1.03. The third-order valence-corrected chi connectivity index (χ3v) is 8.07. The van der Waals surface area contributed by atoms with Crippen LogP contribution in [-0.4, -0.2) is 26.7 Å². The number of benzene rings is 3. The molecule has 1 saturated carbocycles. The molecule has 1 spiro atoms. The van der Waals surface area contributed by atoms with Crippen LogP contribution in [-0.2, 0) is 19.5 Å². The molecule has 3 aromatic carbocycles. The lowest BCUT2D eigenvalue weighted by Crippen LogP contribution is -2.55. The highest BCUT2D eigenvalue weighted by molar-refractivity contribution is 7.81. The van der Waals surface area contributed by atoms with Gasteiger partial charge in [-0.1, -0.05) is 12.1 Å². The molecule has 218 valence electrons. The monoisotopic (exact) mass is 622 g/mol. The molecule has 2 N–H and O–H groups in total. The summed E-state index contributed by atoms with van der Waals surface area (Å²) in [5.74, 6) is 0.296. The Morgan fingerprint density at radius 2 is 1.65 bits per heavy atom. The molecule has 7 nitrogen and oxygen atoms in total. The van der Waals surface area contributed by atoms with Crippen LogP contribution >= 0.6 is 24.4 Å². The largest absolute Gasteiger partial charge is 0.417 e. The number of nitrogens with zero attached hydrogens (tertiary/aromatic N) is 5. The Kier molecular flexibility index (Phi) is 8.16. The third kappa shape index (κ3) is 5.43. The van der Waals surface area contributed by atoms with Crippen molar-refractivity contribution in [3.05, 3.63) is 88.5 Å². The molecule has 5 rings (SSSR count). The summed E-state index contributed by atoms with van der Waals surface area (Å²) in [6.07, 6.45) is -2.87. The Morgan fingerprint density at radius 3 is 2.21 bits per heavy atom. The van der Waals surface area contributed by atoms with E-state index >= 15 is 0 Å². The predicted molar refractivity (Wildman–Crippen MR) is 162 cm³/mol. The standard InChI is InChI=1S/C30H22F4N6OS2/c31-14-21-12-22(6-4-19(21)15-35)37-27(42)38-26-29(10-1-11-29)40(23-7-2-18(17-41)3-8-23)28(43)39(26)24-9-5-20(16-36)25(13-24)30(32,33)34/h2-9,12-13,41H,1,10-11,14,17H2,(H,37,42). The fourth-order valence-corrected chi connectivity index (χ4v) is 5.95. The van der Waals surface area contributed by atoms with Gasteiger partial charge in [0, 0.05) is 16.9 Å². The van der Waals surface area contributed by atoms with Crippen LogP contribution in [0.25, 0.3) is 0 Å². The van der Waals surface area contributed by atoms with Gasteiger partial charge in [-0.3, -0.25) is 4.90 Å². The van der Waals surface area contributed by atoms with Gasteiger partial charge in [-0.2, -0.15) is 23.7 Å². The molecule has 0 radical (unpaired) electrons. The zero-order chi connectivity index (χ0) is 30.9. The number of aliphatic imine (C=N–C) groups is 1. The van der Waals surface area contributed by atoms with Crippen LogP contribution in [0.1, 0.15) is 47.1 Å². The van der Waals surface area contributed by atoms with Gasteiger partial charge in [-0.15, -0.1) is 0 Å². The number of hydrogen-bond acceptors (Lipinski definition) is 5. The first-order valence-electron chi connectivity index (χ1n) is 13.0. The maximum Gasteiger partial charge on any atom is 0.417 e. The molecule has 1 aliphatic heterocycles. The minimum atomic E-state index is -4.80. The molecule has 0 bridgehead atoms. The minimum absolute atomic E-state index is 0.0502. The van der Waals surface area contributed by atoms with E-state index in [9.17, 15) is 33.2 Å². The van der Waals surface area contributed by atoms with Gasteiger partial charge >= 0.3 is 6.18 Å². The fourth-order valence-electron chi connectivity index (χ4n) is 5.28. The van der Waals surface area contributed by atoms with E-state index in [1.165, 1.54) is 23.1 Å². The molecule has 0 atom stereocenters. The first-order valence-corrected chi connectivity index (χ1v) is 13.8. The Balaban J connectivity index is 1.64. The first-order chi connectivity index (χ1) is 20.6. The van der Waals surface area contributed by atoms with E-state index < -0.39 is 29.5 Å². The summed E-state index contributed by atoms with van der Waals surface area (Å²) in [7, 11) is 0. The summed E-state index contributed by atoms with van der Waals surface area (Å²) < 4.78 is 55.4. The first kappa shape index (κ1) is 30.0. The molecular weight excluding hydrogens is 600 g/mol. The number of alkyl halides is 4. The smallest absolute Gasteiger partial charge is 0.392 e. The quantitative estimate of drug-likeness (QED) is 0.239. The number of rotatable bonds is 5. The van der Waals surface area contributed by atoms with Crippen molar-refractivity contribution < 1.29 is 22.7 Å². The summed E-state index contributed by atoms with van der Waals surface area (Å²) >= 11 is 11.4.